The van der Waals surface area contributed by atoms with Gasteiger partial charge in [-0.2, -0.15) is 5.26 Å². The highest BCUT2D eigenvalue weighted by molar-refractivity contribution is 5.80. The number of nitrogens with zero attached hydrogens (tertiary/aromatic N) is 2. The smallest absolute Gasteiger partial charge is 0.234 e. The Morgan fingerprint density at radius 1 is 1.24 bits per heavy atom. The molecule has 4 heteroatoms. The van der Waals surface area contributed by atoms with E-state index < -0.39 is 0 Å². The summed E-state index contributed by atoms with van der Waals surface area (Å²) < 4.78 is 0. The Bertz CT molecular complexity index is 421. The molecule has 1 amide bonds. The summed E-state index contributed by atoms with van der Waals surface area (Å²) >= 11 is 0. The molecule has 0 spiro atoms. The predicted octanol–water partition coefficient (Wildman–Crippen LogP) is 2.68. The van der Waals surface area contributed by atoms with Crippen LogP contribution in [0.5, 0.6) is 0 Å². The van der Waals surface area contributed by atoms with E-state index in [2.05, 4.69) is 31.7 Å². The summed E-state index contributed by atoms with van der Waals surface area (Å²) in [7, 11) is 0. The number of rotatable bonds is 2. The second-order valence-corrected chi connectivity index (χ2v) is 7.83. The predicted molar refractivity (Wildman–Crippen MR) is 83.2 cm³/mol. The first kappa shape index (κ1) is 16.3. The largest absolute Gasteiger partial charge is 0.368 e. The average Bonchev–Trinajstić information content (AvgIpc) is 2.45. The number of carbonyl (C=O) groups excluding carboxylic acids is 1. The van der Waals surface area contributed by atoms with Gasteiger partial charge in [0.25, 0.3) is 0 Å². The van der Waals surface area contributed by atoms with Crippen LogP contribution in [0.25, 0.3) is 0 Å². The van der Waals surface area contributed by atoms with E-state index in [9.17, 15) is 10.1 Å². The van der Waals surface area contributed by atoms with Crippen LogP contribution in [0.15, 0.2) is 0 Å². The summed E-state index contributed by atoms with van der Waals surface area (Å²) in [6, 6.07) is 2.52. The highest BCUT2D eigenvalue weighted by Crippen LogP contribution is 2.42. The summed E-state index contributed by atoms with van der Waals surface area (Å²) in [5.74, 6) is 0.440. The fourth-order valence-electron chi connectivity index (χ4n) is 4.11. The van der Waals surface area contributed by atoms with E-state index >= 15 is 0 Å². The summed E-state index contributed by atoms with van der Waals surface area (Å²) in [6.07, 6.45) is 6.11. The Balaban J connectivity index is 2.19. The number of hydrogen-bond acceptors (Lipinski definition) is 3. The van der Waals surface area contributed by atoms with E-state index in [0.717, 1.165) is 45.1 Å². The molecule has 0 aromatic carbocycles. The molecule has 4 nitrogen and oxygen atoms in total. The Morgan fingerprint density at radius 3 is 2.52 bits per heavy atom. The molecule has 0 radical (unpaired) electrons. The van der Waals surface area contributed by atoms with Crippen molar-refractivity contribution in [1.29, 1.82) is 5.26 Å². The first-order valence-corrected chi connectivity index (χ1v) is 8.29. The van der Waals surface area contributed by atoms with E-state index in [1.807, 2.05) is 0 Å². The molecule has 0 aromatic heterocycles. The van der Waals surface area contributed by atoms with E-state index in [-0.39, 0.29) is 29.3 Å². The molecule has 2 aliphatic rings. The van der Waals surface area contributed by atoms with Crippen LogP contribution in [-0.2, 0) is 4.79 Å². The molecule has 2 N–H and O–H groups in total. The first-order chi connectivity index (χ1) is 9.84. The monoisotopic (exact) mass is 291 g/mol. The number of hydrogen-bond donors (Lipinski definition) is 1. The lowest BCUT2D eigenvalue weighted by atomic mass is 9.67. The number of likely N-dealkylation sites (tertiary alicyclic amines) is 1. The van der Waals surface area contributed by atoms with Crippen LogP contribution < -0.4 is 5.73 Å². The Hall–Kier alpha value is -1.08. The maximum Gasteiger partial charge on any atom is 0.234 e. The topological polar surface area (TPSA) is 70.1 Å². The molecule has 118 valence electrons. The molecule has 1 heterocycles. The van der Waals surface area contributed by atoms with Crippen molar-refractivity contribution in [1.82, 2.24) is 4.90 Å². The molecule has 2 fully saturated rings. The number of nitriles is 1. The lowest BCUT2D eigenvalue weighted by Crippen LogP contribution is -2.56. The summed E-state index contributed by atoms with van der Waals surface area (Å²) in [5.41, 5.74) is 5.87. The van der Waals surface area contributed by atoms with Crippen molar-refractivity contribution in [2.24, 2.45) is 23.0 Å². The van der Waals surface area contributed by atoms with E-state index in [4.69, 9.17) is 5.73 Å². The molecule has 4 unspecified atom stereocenters. The number of piperidine rings is 1. The summed E-state index contributed by atoms with van der Waals surface area (Å²) in [5, 5.41) is 9.51. The molecule has 1 saturated heterocycles. The molecule has 1 saturated carbocycles. The van der Waals surface area contributed by atoms with E-state index in [1.165, 1.54) is 0 Å². The zero-order valence-corrected chi connectivity index (χ0v) is 13.6. The lowest BCUT2D eigenvalue weighted by molar-refractivity contribution is -0.126. The van der Waals surface area contributed by atoms with Gasteiger partial charge in [0.05, 0.1) is 18.0 Å². The highest BCUT2D eigenvalue weighted by atomic mass is 16.1. The standard InChI is InChI=1S/C17H29N3O/c1-17(2,3)13-8-7-12(11-18)15(10-13)20-9-5-4-6-14(20)16(19)21/h12-15H,4-10H2,1-3H3,(H2,19,21). The summed E-state index contributed by atoms with van der Waals surface area (Å²) in [6.45, 7) is 7.75. The molecule has 1 aliphatic heterocycles. The lowest BCUT2D eigenvalue weighted by Gasteiger charge is -2.47. The summed E-state index contributed by atoms with van der Waals surface area (Å²) in [4.78, 5) is 14.0. The molecule has 0 bridgehead atoms. The van der Waals surface area contributed by atoms with Crippen molar-refractivity contribution in [3.8, 4) is 6.07 Å². The highest BCUT2D eigenvalue weighted by Gasteiger charge is 2.42. The van der Waals surface area contributed by atoms with E-state index in [1.54, 1.807) is 0 Å². The second-order valence-electron chi connectivity index (χ2n) is 7.83. The van der Waals surface area contributed by atoms with Gasteiger partial charge in [-0.1, -0.05) is 27.2 Å². The number of primary amides is 1. The minimum atomic E-state index is -0.218. The van der Waals surface area contributed by atoms with Crippen molar-refractivity contribution in [2.75, 3.05) is 6.54 Å². The van der Waals surface area contributed by atoms with Gasteiger partial charge in [-0.25, -0.2) is 0 Å². The van der Waals surface area contributed by atoms with Gasteiger partial charge < -0.3 is 5.73 Å². The molecule has 2 rings (SSSR count). The van der Waals surface area contributed by atoms with Crippen molar-refractivity contribution < 1.29 is 4.79 Å². The van der Waals surface area contributed by atoms with Crippen LogP contribution in [-0.4, -0.2) is 29.4 Å². The number of carbonyl (C=O) groups is 1. The zero-order valence-electron chi connectivity index (χ0n) is 13.6. The van der Waals surface area contributed by atoms with Gasteiger partial charge in [-0.3, -0.25) is 9.69 Å². The minimum Gasteiger partial charge on any atom is -0.368 e. The van der Waals surface area contributed by atoms with Gasteiger partial charge in [-0.15, -0.1) is 0 Å². The van der Waals surface area contributed by atoms with Crippen LogP contribution in [0.4, 0.5) is 0 Å². The van der Waals surface area contributed by atoms with Crippen LogP contribution in [0, 0.1) is 28.6 Å². The van der Waals surface area contributed by atoms with Crippen LogP contribution in [0.3, 0.4) is 0 Å². The fourth-order valence-corrected chi connectivity index (χ4v) is 4.11. The third-order valence-corrected chi connectivity index (χ3v) is 5.51. The maximum atomic E-state index is 11.8. The normalized spacial score (nSPS) is 35.1. The molecular formula is C17H29N3O. The van der Waals surface area contributed by atoms with Gasteiger partial charge in [0.1, 0.15) is 0 Å². The van der Waals surface area contributed by atoms with Crippen LogP contribution >= 0.6 is 0 Å². The fraction of sp³-hybridized carbons (Fsp3) is 0.882. The van der Waals surface area contributed by atoms with Crippen LogP contribution in [0.2, 0.25) is 0 Å². The van der Waals surface area contributed by atoms with Gasteiger partial charge in [0.15, 0.2) is 0 Å². The molecule has 0 aromatic rings. The first-order valence-electron chi connectivity index (χ1n) is 8.29. The second kappa shape index (κ2) is 6.36. The van der Waals surface area contributed by atoms with Gasteiger partial charge in [-0.05, 0) is 50.0 Å². The third-order valence-electron chi connectivity index (χ3n) is 5.51. The maximum absolute atomic E-state index is 11.8. The number of amides is 1. The van der Waals surface area contributed by atoms with Gasteiger partial charge >= 0.3 is 0 Å². The van der Waals surface area contributed by atoms with Gasteiger partial charge in [0, 0.05) is 6.04 Å². The molecule has 21 heavy (non-hydrogen) atoms. The Labute approximate surface area is 128 Å². The van der Waals surface area contributed by atoms with Crippen LogP contribution in [0.1, 0.15) is 59.3 Å². The SMILES string of the molecule is CC(C)(C)C1CCC(C#N)C(N2CCCCC2C(N)=O)C1. The molecular weight excluding hydrogens is 262 g/mol. The molecule has 4 atom stereocenters. The quantitative estimate of drug-likeness (QED) is 0.850. The number of nitrogens with two attached hydrogens (primary N) is 1. The van der Waals surface area contributed by atoms with Crippen molar-refractivity contribution in [3.63, 3.8) is 0 Å². The Morgan fingerprint density at radius 2 is 1.95 bits per heavy atom. The average molecular weight is 291 g/mol. The van der Waals surface area contributed by atoms with Crippen molar-refractivity contribution in [3.05, 3.63) is 0 Å². The Kier molecular flexibility index (Phi) is 4.93. The van der Waals surface area contributed by atoms with Crippen molar-refractivity contribution >= 4 is 5.91 Å². The van der Waals surface area contributed by atoms with Crippen molar-refractivity contribution in [2.45, 2.75) is 71.4 Å². The van der Waals surface area contributed by atoms with Gasteiger partial charge in [0.2, 0.25) is 5.91 Å². The van der Waals surface area contributed by atoms with E-state index in [0.29, 0.717) is 5.92 Å². The molecule has 1 aliphatic carbocycles. The minimum absolute atomic E-state index is 0.0450. The zero-order chi connectivity index (χ0) is 15.6. The third kappa shape index (κ3) is 3.58.